The first kappa shape index (κ1) is 24.8. The summed E-state index contributed by atoms with van der Waals surface area (Å²) in [5, 5.41) is 0. The van der Waals surface area contributed by atoms with Crippen LogP contribution >= 0.6 is 0 Å². The van der Waals surface area contributed by atoms with Crippen molar-refractivity contribution < 1.29 is 18.8 Å². The topological polar surface area (TPSA) is 76.7 Å². The number of benzene rings is 2. The van der Waals surface area contributed by atoms with E-state index in [1.165, 1.54) is 0 Å². The SMILES string of the molecule is CC(C)(C)OC(=O)N1CCC[C@@H]1c1nc2ccc(-c3ccc(B4OC(C)(C)C(C)(C)O4)cc3)cc2[nH]1. The van der Waals surface area contributed by atoms with Crippen molar-refractivity contribution in [3.05, 3.63) is 48.3 Å². The third-order valence-electron chi connectivity index (χ3n) is 7.47. The van der Waals surface area contributed by atoms with Crippen LogP contribution in [0.25, 0.3) is 22.2 Å². The van der Waals surface area contributed by atoms with Crippen LogP contribution in [0.3, 0.4) is 0 Å². The molecule has 5 rings (SSSR count). The van der Waals surface area contributed by atoms with Crippen molar-refractivity contribution in [3.63, 3.8) is 0 Å². The molecule has 1 atom stereocenters. The maximum atomic E-state index is 12.7. The second-order valence-electron chi connectivity index (χ2n) is 11.9. The van der Waals surface area contributed by atoms with Gasteiger partial charge in [0.1, 0.15) is 11.4 Å². The molecule has 1 aromatic heterocycles. The summed E-state index contributed by atoms with van der Waals surface area (Å²) < 4.78 is 18.0. The maximum Gasteiger partial charge on any atom is 0.494 e. The summed E-state index contributed by atoms with van der Waals surface area (Å²) in [7, 11) is -0.374. The molecule has 0 unspecified atom stereocenters. The Kier molecular flexibility index (Phi) is 5.96. The van der Waals surface area contributed by atoms with Crippen molar-refractivity contribution in [2.75, 3.05) is 6.54 Å². The zero-order valence-corrected chi connectivity index (χ0v) is 22.3. The van der Waals surface area contributed by atoms with Gasteiger partial charge in [-0.15, -0.1) is 0 Å². The highest BCUT2D eigenvalue weighted by atomic mass is 16.7. The lowest BCUT2D eigenvalue weighted by Crippen LogP contribution is -2.41. The average Bonchev–Trinajstić information content (AvgIpc) is 3.48. The second kappa shape index (κ2) is 8.63. The highest BCUT2D eigenvalue weighted by Gasteiger charge is 2.51. The first-order valence-corrected chi connectivity index (χ1v) is 12.8. The number of nitrogens with zero attached hydrogens (tertiary/aromatic N) is 2. The molecule has 3 heterocycles. The molecular formula is C28H36BN3O4. The van der Waals surface area contributed by atoms with Gasteiger partial charge in [-0.3, -0.25) is 4.90 Å². The number of amides is 1. The third-order valence-corrected chi connectivity index (χ3v) is 7.47. The van der Waals surface area contributed by atoms with Gasteiger partial charge in [-0.05, 0) is 90.0 Å². The number of carbonyl (C=O) groups is 1. The third kappa shape index (κ3) is 4.64. The number of carbonyl (C=O) groups excluding carboxylic acids is 1. The van der Waals surface area contributed by atoms with Crippen LogP contribution in [0.2, 0.25) is 0 Å². The zero-order valence-electron chi connectivity index (χ0n) is 22.3. The number of aromatic amines is 1. The van der Waals surface area contributed by atoms with Gasteiger partial charge in [0.15, 0.2) is 0 Å². The fourth-order valence-corrected chi connectivity index (χ4v) is 4.77. The summed E-state index contributed by atoms with van der Waals surface area (Å²) in [5.74, 6) is 0.807. The van der Waals surface area contributed by atoms with Gasteiger partial charge in [-0.25, -0.2) is 9.78 Å². The number of aromatic nitrogens is 2. The molecule has 2 aliphatic heterocycles. The summed E-state index contributed by atoms with van der Waals surface area (Å²) in [5.41, 5.74) is 3.79. The Morgan fingerprint density at radius 2 is 1.69 bits per heavy atom. The lowest BCUT2D eigenvalue weighted by molar-refractivity contribution is 0.00578. The van der Waals surface area contributed by atoms with E-state index in [-0.39, 0.29) is 30.5 Å². The van der Waals surface area contributed by atoms with Gasteiger partial charge in [-0.2, -0.15) is 0 Å². The smallest absolute Gasteiger partial charge is 0.444 e. The number of likely N-dealkylation sites (tertiary alicyclic amines) is 1. The van der Waals surface area contributed by atoms with Crippen molar-refractivity contribution >= 4 is 29.7 Å². The Morgan fingerprint density at radius 3 is 2.33 bits per heavy atom. The maximum absolute atomic E-state index is 12.7. The van der Waals surface area contributed by atoms with Gasteiger partial charge >= 0.3 is 13.2 Å². The quantitative estimate of drug-likeness (QED) is 0.485. The predicted octanol–water partition coefficient (Wildman–Crippen LogP) is 5.60. The highest BCUT2D eigenvalue weighted by Crippen LogP contribution is 2.37. The van der Waals surface area contributed by atoms with Crippen LogP contribution in [-0.2, 0) is 14.0 Å². The molecule has 0 spiro atoms. The predicted molar refractivity (Wildman–Crippen MR) is 142 cm³/mol. The minimum Gasteiger partial charge on any atom is -0.444 e. The number of hydrogen-bond donors (Lipinski definition) is 1. The summed E-state index contributed by atoms with van der Waals surface area (Å²) in [4.78, 5) is 22.8. The minimum atomic E-state index is -0.523. The van der Waals surface area contributed by atoms with Crippen LogP contribution in [0, 0.1) is 0 Å². The van der Waals surface area contributed by atoms with E-state index in [1.54, 1.807) is 4.90 Å². The van der Waals surface area contributed by atoms with E-state index in [4.69, 9.17) is 19.0 Å². The van der Waals surface area contributed by atoms with Crippen molar-refractivity contribution in [1.29, 1.82) is 0 Å². The summed E-state index contributed by atoms with van der Waals surface area (Å²) in [6.07, 6.45) is 1.52. The standard InChI is InChI=1S/C28H36BN3O4/c1-26(2,3)34-25(33)32-16-8-9-23(32)24-30-21-15-12-19(17-22(21)31-24)18-10-13-20(14-11-18)29-35-27(4,5)28(6,7)36-29/h10-15,17,23H,8-9,16H2,1-7H3,(H,30,31)/t23-/m1/s1. The molecule has 1 N–H and O–H groups in total. The summed E-state index contributed by atoms with van der Waals surface area (Å²) in [6, 6.07) is 14.4. The molecule has 2 aromatic carbocycles. The Labute approximate surface area is 213 Å². The number of imidazole rings is 1. The molecule has 1 amide bonds. The van der Waals surface area contributed by atoms with Gasteiger partial charge in [0, 0.05) is 6.54 Å². The lowest BCUT2D eigenvalue weighted by Gasteiger charge is -2.32. The summed E-state index contributed by atoms with van der Waals surface area (Å²) >= 11 is 0. The van der Waals surface area contributed by atoms with Crippen LogP contribution in [0.15, 0.2) is 42.5 Å². The van der Waals surface area contributed by atoms with Gasteiger partial charge in [0.2, 0.25) is 0 Å². The number of rotatable bonds is 3. The Hall–Kier alpha value is -2.84. The van der Waals surface area contributed by atoms with Gasteiger partial charge < -0.3 is 19.0 Å². The monoisotopic (exact) mass is 489 g/mol. The molecular weight excluding hydrogens is 453 g/mol. The fourth-order valence-electron chi connectivity index (χ4n) is 4.77. The molecule has 0 bridgehead atoms. The van der Waals surface area contributed by atoms with E-state index >= 15 is 0 Å². The van der Waals surface area contributed by atoms with E-state index in [9.17, 15) is 4.79 Å². The van der Waals surface area contributed by atoms with Crippen LogP contribution in [0.4, 0.5) is 4.79 Å². The molecule has 0 radical (unpaired) electrons. The van der Waals surface area contributed by atoms with Gasteiger partial charge in [-0.1, -0.05) is 30.3 Å². The molecule has 2 saturated heterocycles. The first-order chi connectivity index (χ1) is 16.8. The normalized spacial score (nSPS) is 21.4. The van der Waals surface area contributed by atoms with E-state index in [1.807, 2.05) is 26.8 Å². The van der Waals surface area contributed by atoms with Crippen molar-refractivity contribution in [1.82, 2.24) is 14.9 Å². The van der Waals surface area contributed by atoms with Crippen molar-refractivity contribution in [3.8, 4) is 11.1 Å². The van der Waals surface area contributed by atoms with Crippen LogP contribution in [-0.4, -0.2) is 51.4 Å². The van der Waals surface area contributed by atoms with Crippen molar-refractivity contribution in [2.24, 2.45) is 0 Å². The molecule has 0 saturated carbocycles. The molecule has 3 aromatic rings. The fraction of sp³-hybridized carbons (Fsp3) is 0.500. The highest BCUT2D eigenvalue weighted by molar-refractivity contribution is 6.62. The largest absolute Gasteiger partial charge is 0.494 e. The van der Waals surface area contributed by atoms with Crippen molar-refractivity contribution in [2.45, 2.75) is 84.2 Å². The molecule has 0 aliphatic carbocycles. The summed E-state index contributed by atoms with van der Waals surface area (Å²) in [6.45, 7) is 14.6. The molecule has 2 fully saturated rings. The van der Waals surface area contributed by atoms with Crippen LogP contribution in [0.5, 0.6) is 0 Å². The molecule has 7 nitrogen and oxygen atoms in total. The Morgan fingerprint density at radius 1 is 1.06 bits per heavy atom. The number of fused-ring (bicyclic) bond motifs is 1. The number of nitrogens with one attached hydrogen (secondary N) is 1. The molecule has 8 heteroatoms. The Balaban J connectivity index is 1.35. The second-order valence-corrected chi connectivity index (χ2v) is 11.9. The van der Waals surface area contributed by atoms with Gasteiger partial charge in [0.25, 0.3) is 0 Å². The first-order valence-electron chi connectivity index (χ1n) is 12.8. The van der Waals surface area contributed by atoms with E-state index in [0.717, 1.165) is 46.3 Å². The number of hydrogen-bond acceptors (Lipinski definition) is 5. The minimum absolute atomic E-state index is 0.102. The number of H-pyrrole nitrogens is 1. The van der Waals surface area contributed by atoms with Crippen LogP contribution < -0.4 is 5.46 Å². The molecule has 190 valence electrons. The molecule has 36 heavy (non-hydrogen) atoms. The van der Waals surface area contributed by atoms with Crippen LogP contribution in [0.1, 0.15) is 73.2 Å². The van der Waals surface area contributed by atoms with E-state index in [2.05, 4.69) is 69.1 Å². The van der Waals surface area contributed by atoms with E-state index < -0.39 is 5.60 Å². The number of ether oxygens (including phenoxy) is 1. The zero-order chi connectivity index (χ0) is 25.9. The lowest BCUT2D eigenvalue weighted by atomic mass is 9.78. The Bertz CT molecular complexity index is 1260. The van der Waals surface area contributed by atoms with E-state index in [0.29, 0.717) is 6.54 Å². The average molecular weight is 489 g/mol. The van der Waals surface area contributed by atoms with Gasteiger partial charge in [0.05, 0.1) is 28.3 Å². The molecule has 2 aliphatic rings.